The number of carbonyl (C=O) groups excluding carboxylic acids is 1. The number of para-hydroxylation sites is 1. The highest BCUT2D eigenvalue weighted by atomic mass is 32.1. The Morgan fingerprint density at radius 3 is 2.48 bits per heavy atom. The van der Waals surface area contributed by atoms with E-state index in [1.807, 2.05) is 30.5 Å². The zero-order chi connectivity index (χ0) is 31.2. The maximum atomic E-state index is 15.0. The molecule has 2 N–H and O–H groups in total. The molecule has 0 radical (unpaired) electrons. The maximum Gasteiger partial charge on any atom is 0.256 e. The first-order valence-corrected chi connectivity index (χ1v) is 15.4. The highest BCUT2D eigenvalue weighted by molar-refractivity contribution is 7.09. The molecule has 3 heterocycles. The molecule has 0 aliphatic carbocycles. The molecule has 1 amide bonds. The molecule has 2 aromatic carbocycles. The van der Waals surface area contributed by atoms with E-state index in [0.717, 1.165) is 53.2 Å². The van der Waals surface area contributed by atoms with E-state index in [1.165, 1.54) is 12.1 Å². The summed E-state index contributed by atoms with van der Waals surface area (Å²) in [7, 11) is 0. The number of aryl methyl sites for hydroxylation is 1. The molecule has 8 nitrogen and oxygen atoms in total. The molecule has 0 saturated heterocycles. The predicted octanol–water partition coefficient (Wildman–Crippen LogP) is 6.17. The highest BCUT2D eigenvalue weighted by Gasteiger charge is 2.21. The van der Waals surface area contributed by atoms with Crippen LogP contribution in [0.25, 0.3) is 28.0 Å². The molecule has 0 bridgehead atoms. The molecule has 44 heavy (non-hydrogen) atoms. The van der Waals surface area contributed by atoms with Crippen LogP contribution in [0.1, 0.15) is 41.1 Å². The van der Waals surface area contributed by atoms with Gasteiger partial charge in [-0.2, -0.15) is 4.98 Å². The highest BCUT2D eigenvalue weighted by Crippen LogP contribution is 2.31. The third-order valence-electron chi connectivity index (χ3n) is 7.50. The number of carbonyl (C=O) groups is 1. The summed E-state index contributed by atoms with van der Waals surface area (Å²) >= 11 is 1.56. The van der Waals surface area contributed by atoms with Crippen LogP contribution in [0.3, 0.4) is 0 Å². The number of thiophene rings is 1. The summed E-state index contributed by atoms with van der Waals surface area (Å²) in [6.07, 6.45) is 0.806. The van der Waals surface area contributed by atoms with Crippen molar-refractivity contribution in [2.45, 2.75) is 33.7 Å². The van der Waals surface area contributed by atoms with Gasteiger partial charge >= 0.3 is 0 Å². The van der Waals surface area contributed by atoms with Gasteiger partial charge in [0.25, 0.3) is 11.5 Å². The van der Waals surface area contributed by atoms with E-state index in [1.54, 1.807) is 29.5 Å². The lowest BCUT2D eigenvalue weighted by Gasteiger charge is -2.18. The Morgan fingerprint density at radius 1 is 1.00 bits per heavy atom. The number of nitrogens with one attached hydrogen (secondary N) is 2. The molecular formula is C33H34F2N6O2S. The SMILES string of the molecule is CCN(CC)CCCNc1nc(-c2cc(C(=O)NCc3cccs3)ccc2C)c2ccc(=O)n(-c3c(F)cccc3F)c2n1. The molecule has 0 spiro atoms. The van der Waals surface area contributed by atoms with E-state index in [-0.39, 0.29) is 17.5 Å². The smallest absolute Gasteiger partial charge is 0.256 e. The lowest BCUT2D eigenvalue weighted by atomic mass is 9.99. The van der Waals surface area contributed by atoms with Crippen molar-refractivity contribution in [3.8, 4) is 16.9 Å². The number of amides is 1. The van der Waals surface area contributed by atoms with Gasteiger partial charge in [-0.15, -0.1) is 11.3 Å². The molecule has 11 heteroatoms. The summed E-state index contributed by atoms with van der Waals surface area (Å²) in [6.45, 7) is 9.78. The first kappa shape index (κ1) is 31.0. The van der Waals surface area contributed by atoms with E-state index in [4.69, 9.17) is 4.98 Å². The molecule has 0 atom stereocenters. The fourth-order valence-corrected chi connectivity index (χ4v) is 5.71. The number of halogens is 2. The van der Waals surface area contributed by atoms with Crippen molar-refractivity contribution < 1.29 is 13.6 Å². The Balaban J connectivity index is 1.62. The number of pyridine rings is 1. The number of anilines is 1. The molecule has 0 aliphatic rings. The normalized spacial score (nSPS) is 11.3. The van der Waals surface area contributed by atoms with Crippen molar-refractivity contribution in [1.29, 1.82) is 0 Å². The number of fused-ring (bicyclic) bond motifs is 1. The van der Waals surface area contributed by atoms with Crippen molar-refractivity contribution in [2.24, 2.45) is 0 Å². The first-order valence-electron chi connectivity index (χ1n) is 14.6. The Kier molecular flexibility index (Phi) is 9.76. The largest absolute Gasteiger partial charge is 0.354 e. The first-order chi connectivity index (χ1) is 21.3. The molecule has 0 fully saturated rings. The number of rotatable bonds is 12. The van der Waals surface area contributed by atoms with Gasteiger partial charge in [0.2, 0.25) is 5.95 Å². The molecule has 0 aliphatic heterocycles. The van der Waals surface area contributed by atoms with Gasteiger partial charge in [0.1, 0.15) is 17.3 Å². The molecule has 0 saturated carbocycles. The Morgan fingerprint density at radius 2 is 1.77 bits per heavy atom. The number of benzene rings is 2. The average Bonchev–Trinajstić information content (AvgIpc) is 3.54. The number of hydrogen-bond donors (Lipinski definition) is 2. The van der Waals surface area contributed by atoms with E-state index in [0.29, 0.717) is 35.3 Å². The fraction of sp³-hybridized carbons (Fsp3) is 0.273. The summed E-state index contributed by atoms with van der Waals surface area (Å²) in [5, 5.41) is 8.54. The number of hydrogen-bond acceptors (Lipinski definition) is 7. The topological polar surface area (TPSA) is 92.2 Å². The van der Waals surface area contributed by atoms with Crippen LogP contribution in [0.5, 0.6) is 0 Å². The van der Waals surface area contributed by atoms with Crippen molar-refractivity contribution >= 4 is 34.2 Å². The molecule has 5 aromatic rings. The summed E-state index contributed by atoms with van der Waals surface area (Å²) in [5.74, 6) is -1.84. The summed E-state index contributed by atoms with van der Waals surface area (Å²) < 4.78 is 31.0. The van der Waals surface area contributed by atoms with Gasteiger partial charge < -0.3 is 15.5 Å². The Labute approximate surface area is 258 Å². The van der Waals surface area contributed by atoms with Crippen molar-refractivity contribution in [2.75, 3.05) is 31.5 Å². The predicted molar refractivity (Wildman–Crippen MR) is 172 cm³/mol. The van der Waals surface area contributed by atoms with E-state index in [2.05, 4.69) is 34.4 Å². The van der Waals surface area contributed by atoms with E-state index < -0.39 is 22.9 Å². The van der Waals surface area contributed by atoms with Crippen LogP contribution in [0.2, 0.25) is 0 Å². The van der Waals surface area contributed by atoms with Crippen LogP contribution in [0.4, 0.5) is 14.7 Å². The Hall–Kier alpha value is -4.48. The van der Waals surface area contributed by atoms with Crippen LogP contribution in [0, 0.1) is 18.6 Å². The van der Waals surface area contributed by atoms with Crippen molar-refractivity contribution in [1.82, 2.24) is 24.8 Å². The minimum atomic E-state index is -0.894. The van der Waals surface area contributed by atoms with E-state index in [9.17, 15) is 9.59 Å². The maximum absolute atomic E-state index is 15.0. The van der Waals surface area contributed by atoms with Crippen LogP contribution in [-0.2, 0) is 6.54 Å². The summed E-state index contributed by atoms with van der Waals surface area (Å²) in [6, 6.07) is 15.4. The fourth-order valence-electron chi connectivity index (χ4n) is 5.06. The summed E-state index contributed by atoms with van der Waals surface area (Å²) in [5.41, 5.74) is 1.20. The second-order valence-corrected chi connectivity index (χ2v) is 11.3. The van der Waals surface area contributed by atoms with Crippen LogP contribution in [-0.4, -0.2) is 51.5 Å². The molecular weight excluding hydrogens is 582 g/mol. The average molecular weight is 617 g/mol. The van der Waals surface area contributed by atoms with Crippen molar-refractivity contribution in [3.63, 3.8) is 0 Å². The van der Waals surface area contributed by atoms with E-state index >= 15 is 8.78 Å². The standard InChI is InChI=1S/C33H34F2N6O2S/c1-4-40(5-2)17-8-16-36-33-38-29(25-19-22(13-12-21(25)3)32(43)37-20-23-9-7-18-44-23)24-14-15-28(42)41(31(24)39-33)30-26(34)10-6-11-27(30)35/h6-7,9-15,18-19H,4-5,8,16-17,20H2,1-3H3,(H,37,43)(H,36,38,39). The third-order valence-corrected chi connectivity index (χ3v) is 8.37. The Bertz CT molecular complexity index is 1820. The van der Waals surface area contributed by atoms with Gasteiger partial charge in [0.15, 0.2) is 5.65 Å². The molecule has 5 rings (SSSR count). The number of aromatic nitrogens is 3. The lowest BCUT2D eigenvalue weighted by molar-refractivity contribution is 0.0951. The lowest BCUT2D eigenvalue weighted by Crippen LogP contribution is -2.25. The van der Waals surface area contributed by atoms with Gasteiger partial charge in [-0.1, -0.05) is 32.0 Å². The quantitative estimate of drug-likeness (QED) is 0.163. The second kappa shape index (κ2) is 13.9. The van der Waals surface area contributed by atoms with Gasteiger partial charge in [-0.05, 0) is 80.3 Å². The van der Waals surface area contributed by atoms with Crippen molar-refractivity contribution in [3.05, 3.63) is 104 Å². The minimum absolute atomic E-state index is 0.0460. The van der Waals surface area contributed by atoms with Gasteiger partial charge in [0.05, 0.1) is 12.2 Å². The monoisotopic (exact) mass is 616 g/mol. The van der Waals surface area contributed by atoms with Gasteiger partial charge in [-0.3, -0.25) is 14.2 Å². The van der Waals surface area contributed by atoms with Crippen LogP contribution in [0.15, 0.2) is 70.8 Å². The van der Waals surface area contributed by atoms with Gasteiger partial charge in [-0.25, -0.2) is 13.8 Å². The minimum Gasteiger partial charge on any atom is -0.354 e. The third kappa shape index (κ3) is 6.68. The molecule has 0 unspecified atom stereocenters. The summed E-state index contributed by atoms with van der Waals surface area (Å²) in [4.78, 5) is 39.0. The zero-order valence-corrected chi connectivity index (χ0v) is 25.7. The van der Waals surface area contributed by atoms with Crippen LogP contribution >= 0.6 is 11.3 Å². The van der Waals surface area contributed by atoms with Gasteiger partial charge in [0, 0.05) is 34.0 Å². The second-order valence-electron chi connectivity index (χ2n) is 10.3. The molecule has 228 valence electrons. The number of nitrogens with zero attached hydrogens (tertiary/aromatic N) is 4. The molecule has 3 aromatic heterocycles. The van der Waals surface area contributed by atoms with Crippen LogP contribution < -0.4 is 16.2 Å². The zero-order valence-electron chi connectivity index (χ0n) is 24.9.